The summed E-state index contributed by atoms with van der Waals surface area (Å²) in [4.78, 5) is 17.4. The normalized spacial score (nSPS) is 10.7. The summed E-state index contributed by atoms with van der Waals surface area (Å²) in [5.41, 5.74) is 3.06. The molecule has 162 valence electrons. The number of rotatable bonds is 7. The van der Waals surface area contributed by atoms with Crippen LogP contribution in [0.1, 0.15) is 32.9 Å². The van der Waals surface area contributed by atoms with Crippen LogP contribution >= 0.6 is 0 Å². The first-order chi connectivity index (χ1) is 15.5. The predicted octanol–water partition coefficient (Wildman–Crippen LogP) is 5.48. The zero-order valence-electron chi connectivity index (χ0n) is 18.1. The van der Waals surface area contributed by atoms with Gasteiger partial charge in [-0.1, -0.05) is 18.2 Å². The van der Waals surface area contributed by atoms with Gasteiger partial charge in [-0.05, 0) is 61.9 Å². The lowest BCUT2D eigenvalue weighted by Gasteiger charge is -2.11. The molecule has 0 radical (unpaired) electrons. The van der Waals surface area contributed by atoms with Gasteiger partial charge in [0.25, 0.3) is 0 Å². The minimum atomic E-state index is -0.269. The number of hydrogen-bond donors (Lipinski definition) is 1. The summed E-state index contributed by atoms with van der Waals surface area (Å²) in [6.45, 7) is 3.93. The van der Waals surface area contributed by atoms with Gasteiger partial charge in [0.15, 0.2) is 5.78 Å². The minimum Gasteiger partial charge on any atom is -0.507 e. The fraction of sp³-hybridized carbons (Fsp3) is 0.154. The number of ether oxygens (including phenoxy) is 2. The number of benzene rings is 3. The van der Waals surface area contributed by atoms with E-state index < -0.39 is 0 Å². The molecule has 0 saturated carbocycles. The molecule has 0 fully saturated rings. The van der Waals surface area contributed by atoms with Crippen LogP contribution in [-0.2, 0) is 6.61 Å². The Morgan fingerprint density at radius 1 is 0.969 bits per heavy atom. The van der Waals surface area contributed by atoms with Gasteiger partial charge in [-0.2, -0.15) is 0 Å². The van der Waals surface area contributed by atoms with Crippen molar-refractivity contribution >= 4 is 5.78 Å². The van der Waals surface area contributed by atoms with Crippen molar-refractivity contribution in [1.82, 2.24) is 4.98 Å². The number of hydrogen-bond acceptors (Lipinski definition) is 6. The number of aromatic hydroxyl groups is 1. The molecule has 4 aromatic rings. The maximum atomic E-state index is 12.9. The van der Waals surface area contributed by atoms with E-state index in [1.54, 1.807) is 30.3 Å². The van der Waals surface area contributed by atoms with Crippen LogP contribution in [0.25, 0.3) is 11.5 Å². The zero-order valence-corrected chi connectivity index (χ0v) is 18.1. The Kier molecular flexibility index (Phi) is 5.94. The summed E-state index contributed by atoms with van der Waals surface area (Å²) in [7, 11) is 1.50. The van der Waals surface area contributed by atoms with E-state index in [4.69, 9.17) is 13.9 Å². The van der Waals surface area contributed by atoms with E-state index in [9.17, 15) is 9.90 Å². The third-order valence-corrected chi connectivity index (χ3v) is 5.18. The van der Waals surface area contributed by atoms with Crippen molar-refractivity contribution in [2.45, 2.75) is 20.5 Å². The van der Waals surface area contributed by atoms with Gasteiger partial charge >= 0.3 is 0 Å². The molecule has 0 aliphatic rings. The molecular weight excluding hydrogens is 406 g/mol. The highest BCUT2D eigenvalue weighted by molar-refractivity contribution is 6.11. The second kappa shape index (κ2) is 8.98. The van der Waals surface area contributed by atoms with Crippen LogP contribution in [0, 0.1) is 13.8 Å². The van der Waals surface area contributed by atoms with Crippen LogP contribution in [0.5, 0.6) is 17.2 Å². The number of carbonyl (C=O) groups is 1. The first-order valence-corrected chi connectivity index (χ1v) is 10.1. The second-order valence-electron chi connectivity index (χ2n) is 7.37. The highest BCUT2D eigenvalue weighted by Crippen LogP contribution is 2.28. The standard InChI is InChI=1S/C26H23NO5/c1-16-13-20(10-11-21(16)25(29)22-12-9-19(30-3)14-24(22)28)31-15-23-17(2)32-26(27-23)18-7-5-4-6-8-18/h4-14,28H,15H2,1-3H3. The second-order valence-corrected chi connectivity index (χ2v) is 7.37. The number of aromatic nitrogens is 1. The number of phenolic OH excluding ortho intramolecular Hbond substituents is 1. The van der Waals surface area contributed by atoms with Gasteiger partial charge in [0.1, 0.15) is 35.3 Å². The van der Waals surface area contributed by atoms with Crippen molar-refractivity contribution in [3.05, 3.63) is 94.9 Å². The molecule has 1 N–H and O–H groups in total. The van der Waals surface area contributed by atoms with Crippen molar-refractivity contribution in [2.75, 3.05) is 7.11 Å². The lowest BCUT2D eigenvalue weighted by Crippen LogP contribution is -2.05. The summed E-state index contributed by atoms with van der Waals surface area (Å²) in [6.07, 6.45) is 0. The van der Waals surface area contributed by atoms with E-state index in [0.29, 0.717) is 34.4 Å². The van der Waals surface area contributed by atoms with Crippen LogP contribution < -0.4 is 9.47 Å². The lowest BCUT2D eigenvalue weighted by molar-refractivity contribution is 0.103. The van der Waals surface area contributed by atoms with Crippen LogP contribution in [-0.4, -0.2) is 23.0 Å². The molecule has 3 aromatic carbocycles. The Bertz CT molecular complexity index is 1260. The monoisotopic (exact) mass is 429 g/mol. The topological polar surface area (TPSA) is 81.8 Å². The number of aryl methyl sites for hydroxylation is 2. The number of oxazole rings is 1. The number of phenols is 1. The van der Waals surface area contributed by atoms with E-state index in [1.807, 2.05) is 44.2 Å². The molecule has 0 unspecified atom stereocenters. The van der Waals surface area contributed by atoms with E-state index in [-0.39, 0.29) is 23.7 Å². The van der Waals surface area contributed by atoms with Crippen molar-refractivity contribution in [2.24, 2.45) is 0 Å². The van der Waals surface area contributed by atoms with Crippen LogP contribution in [0.4, 0.5) is 0 Å². The number of ketones is 1. The third-order valence-electron chi connectivity index (χ3n) is 5.18. The molecule has 4 rings (SSSR count). The van der Waals surface area contributed by atoms with Gasteiger partial charge in [0.2, 0.25) is 5.89 Å². The molecular formula is C26H23NO5. The Morgan fingerprint density at radius 2 is 1.69 bits per heavy atom. The SMILES string of the molecule is COc1ccc(C(=O)c2ccc(OCc3nc(-c4ccccc4)oc3C)cc2C)c(O)c1. The van der Waals surface area contributed by atoms with Gasteiger partial charge < -0.3 is 19.0 Å². The first-order valence-electron chi connectivity index (χ1n) is 10.1. The molecule has 0 amide bonds. The Hall–Kier alpha value is -4.06. The lowest BCUT2D eigenvalue weighted by atomic mass is 9.98. The van der Waals surface area contributed by atoms with Crippen molar-refractivity contribution in [3.63, 3.8) is 0 Å². The van der Waals surface area contributed by atoms with Crippen molar-refractivity contribution in [1.29, 1.82) is 0 Å². The molecule has 6 nitrogen and oxygen atoms in total. The maximum Gasteiger partial charge on any atom is 0.226 e. The molecule has 0 atom stereocenters. The molecule has 6 heteroatoms. The van der Waals surface area contributed by atoms with E-state index in [0.717, 1.165) is 11.1 Å². The molecule has 0 bridgehead atoms. The van der Waals surface area contributed by atoms with Crippen LogP contribution in [0.3, 0.4) is 0 Å². The fourth-order valence-corrected chi connectivity index (χ4v) is 3.37. The molecule has 1 heterocycles. The zero-order chi connectivity index (χ0) is 22.7. The highest BCUT2D eigenvalue weighted by atomic mass is 16.5. The maximum absolute atomic E-state index is 12.9. The molecule has 32 heavy (non-hydrogen) atoms. The van der Waals surface area contributed by atoms with Gasteiger partial charge in [-0.15, -0.1) is 0 Å². The van der Waals surface area contributed by atoms with E-state index in [2.05, 4.69) is 4.98 Å². The molecule has 0 spiro atoms. The quantitative estimate of drug-likeness (QED) is 0.392. The van der Waals surface area contributed by atoms with Crippen LogP contribution in [0.2, 0.25) is 0 Å². The molecule has 1 aromatic heterocycles. The number of carbonyl (C=O) groups excluding carboxylic acids is 1. The average molecular weight is 429 g/mol. The summed E-state index contributed by atoms with van der Waals surface area (Å²) < 4.78 is 16.7. The first kappa shape index (κ1) is 21.2. The van der Waals surface area contributed by atoms with Crippen LogP contribution in [0.15, 0.2) is 71.1 Å². The largest absolute Gasteiger partial charge is 0.507 e. The van der Waals surface area contributed by atoms with Crippen molar-refractivity contribution in [3.8, 4) is 28.7 Å². The van der Waals surface area contributed by atoms with Gasteiger partial charge in [0.05, 0.1) is 12.7 Å². The van der Waals surface area contributed by atoms with Gasteiger partial charge in [-0.25, -0.2) is 4.98 Å². The fourth-order valence-electron chi connectivity index (χ4n) is 3.37. The highest BCUT2D eigenvalue weighted by Gasteiger charge is 2.17. The van der Waals surface area contributed by atoms with Crippen molar-refractivity contribution < 1.29 is 23.8 Å². The number of nitrogens with zero attached hydrogens (tertiary/aromatic N) is 1. The summed E-state index contributed by atoms with van der Waals surface area (Å²) >= 11 is 0. The average Bonchev–Trinajstić information content (AvgIpc) is 3.18. The van der Waals surface area contributed by atoms with E-state index >= 15 is 0 Å². The molecule has 0 saturated heterocycles. The molecule has 0 aliphatic heterocycles. The van der Waals surface area contributed by atoms with E-state index in [1.165, 1.54) is 13.2 Å². The minimum absolute atomic E-state index is 0.121. The summed E-state index contributed by atoms with van der Waals surface area (Å²) in [5.74, 6) is 1.96. The Morgan fingerprint density at radius 3 is 2.38 bits per heavy atom. The Labute approximate surface area is 186 Å². The van der Waals surface area contributed by atoms with Gasteiger partial charge in [0, 0.05) is 17.2 Å². The molecule has 0 aliphatic carbocycles. The predicted molar refractivity (Wildman–Crippen MR) is 120 cm³/mol. The Balaban J connectivity index is 1.48. The smallest absolute Gasteiger partial charge is 0.226 e. The third kappa shape index (κ3) is 4.34. The summed E-state index contributed by atoms with van der Waals surface area (Å²) in [6, 6.07) is 19.5. The van der Waals surface area contributed by atoms with Gasteiger partial charge in [-0.3, -0.25) is 4.79 Å². The number of methoxy groups -OCH3 is 1. The summed E-state index contributed by atoms with van der Waals surface area (Å²) in [5, 5.41) is 10.2.